The van der Waals surface area contributed by atoms with Gasteiger partial charge in [0, 0.05) is 19.5 Å². The summed E-state index contributed by atoms with van der Waals surface area (Å²) in [5, 5.41) is 5.86. The van der Waals surface area contributed by atoms with Crippen molar-refractivity contribution >= 4 is 11.8 Å². The van der Waals surface area contributed by atoms with Crippen molar-refractivity contribution in [2.45, 2.75) is 64.0 Å². The van der Waals surface area contributed by atoms with Gasteiger partial charge in [-0.05, 0) is 50.6 Å². The van der Waals surface area contributed by atoms with Crippen LogP contribution in [0.4, 0.5) is 0 Å². The second-order valence-corrected chi connectivity index (χ2v) is 7.71. The molecule has 1 saturated carbocycles. The molecule has 6 heteroatoms. The first-order valence-corrected chi connectivity index (χ1v) is 10.4. The van der Waals surface area contributed by atoms with Crippen LogP contribution in [0.2, 0.25) is 0 Å². The summed E-state index contributed by atoms with van der Waals surface area (Å²) in [7, 11) is 3.80. The molecule has 1 aromatic rings. The van der Waals surface area contributed by atoms with Crippen LogP contribution in [0.15, 0.2) is 24.3 Å². The number of carbonyl (C=O) groups is 2. The minimum atomic E-state index is -0.340. The van der Waals surface area contributed by atoms with Crippen LogP contribution in [0.1, 0.15) is 63.5 Å². The largest absolute Gasteiger partial charge is 0.497 e. The molecule has 0 spiro atoms. The minimum absolute atomic E-state index is 0.0464. The molecule has 0 heterocycles. The molecule has 2 amide bonds. The van der Waals surface area contributed by atoms with E-state index in [1.807, 2.05) is 24.3 Å². The van der Waals surface area contributed by atoms with Crippen molar-refractivity contribution in [1.82, 2.24) is 15.5 Å². The van der Waals surface area contributed by atoms with Crippen molar-refractivity contribution in [1.29, 1.82) is 0 Å². The summed E-state index contributed by atoms with van der Waals surface area (Å²) >= 11 is 0. The number of nitrogens with zero attached hydrogens (tertiary/aromatic N) is 1. The number of amides is 2. The Labute approximate surface area is 169 Å². The molecule has 2 rings (SSSR count). The summed E-state index contributed by atoms with van der Waals surface area (Å²) in [6.45, 7) is 3.12. The van der Waals surface area contributed by atoms with Crippen LogP contribution < -0.4 is 15.4 Å². The molecular weight excluding hydrogens is 354 g/mol. The molecule has 0 bridgehead atoms. The number of benzene rings is 1. The van der Waals surface area contributed by atoms with E-state index >= 15 is 0 Å². The Balaban J connectivity index is 1.76. The topological polar surface area (TPSA) is 70.7 Å². The summed E-state index contributed by atoms with van der Waals surface area (Å²) in [5.74, 6) is 0.550. The van der Waals surface area contributed by atoms with Gasteiger partial charge in [0.15, 0.2) is 0 Å². The van der Waals surface area contributed by atoms with E-state index in [1.54, 1.807) is 7.11 Å². The first kappa shape index (κ1) is 22.2. The van der Waals surface area contributed by atoms with Crippen LogP contribution in [0.3, 0.4) is 0 Å². The van der Waals surface area contributed by atoms with Gasteiger partial charge in [-0.2, -0.15) is 0 Å². The van der Waals surface area contributed by atoms with E-state index < -0.39 is 0 Å². The summed E-state index contributed by atoms with van der Waals surface area (Å²) in [6.07, 6.45) is 7.79. The van der Waals surface area contributed by atoms with Gasteiger partial charge in [-0.25, -0.2) is 0 Å². The average Bonchev–Trinajstić information content (AvgIpc) is 2.71. The van der Waals surface area contributed by atoms with Crippen molar-refractivity contribution in [2.75, 3.05) is 27.2 Å². The normalized spacial score (nSPS) is 15.9. The standard InChI is InChI=1S/C22H35N3O3/c1-17(26)24-21(18-10-12-20(28-3)13-11-18)16-22(27)23-14-7-15-25(2)19-8-5-4-6-9-19/h10-13,19,21H,4-9,14-16H2,1-3H3,(H,23,27)(H,24,26). The Bertz CT molecular complexity index is 612. The van der Waals surface area contributed by atoms with E-state index in [0.717, 1.165) is 24.3 Å². The fourth-order valence-electron chi connectivity index (χ4n) is 3.85. The van der Waals surface area contributed by atoms with Gasteiger partial charge < -0.3 is 20.3 Å². The number of nitrogens with one attached hydrogen (secondary N) is 2. The van der Waals surface area contributed by atoms with E-state index in [9.17, 15) is 9.59 Å². The Morgan fingerprint density at radius 2 is 1.86 bits per heavy atom. The van der Waals surface area contributed by atoms with E-state index in [1.165, 1.54) is 39.0 Å². The van der Waals surface area contributed by atoms with E-state index in [2.05, 4.69) is 22.6 Å². The average molecular weight is 390 g/mol. The lowest BCUT2D eigenvalue weighted by Gasteiger charge is -2.31. The summed E-state index contributed by atoms with van der Waals surface area (Å²) < 4.78 is 5.17. The first-order valence-electron chi connectivity index (χ1n) is 10.4. The first-order chi connectivity index (χ1) is 13.5. The highest BCUT2D eigenvalue weighted by Gasteiger charge is 2.19. The molecule has 0 saturated heterocycles. The third-order valence-corrected chi connectivity index (χ3v) is 5.49. The molecule has 2 N–H and O–H groups in total. The fourth-order valence-corrected chi connectivity index (χ4v) is 3.85. The zero-order chi connectivity index (χ0) is 20.4. The lowest BCUT2D eigenvalue weighted by molar-refractivity contribution is -0.122. The summed E-state index contributed by atoms with van der Waals surface area (Å²) in [4.78, 5) is 26.4. The van der Waals surface area contributed by atoms with Crippen LogP contribution in [0, 0.1) is 0 Å². The summed E-state index contributed by atoms with van der Waals surface area (Å²) in [5.41, 5.74) is 0.892. The third kappa shape index (κ3) is 7.50. The molecule has 1 atom stereocenters. The maximum Gasteiger partial charge on any atom is 0.222 e. The molecular formula is C22H35N3O3. The van der Waals surface area contributed by atoms with Crippen LogP contribution in [0.5, 0.6) is 5.75 Å². The molecule has 0 radical (unpaired) electrons. The summed E-state index contributed by atoms with van der Waals surface area (Å²) in [6, 6.07) is 7.79. The fraction of sp³-hybridized carbons (Fsp3) is 0.636. The van der Waals surface area contributed by atoms with Crippen molar-refractivity contribution in [3.05, 3.63) is 29.8 Å². The highest BCUT2D eigenvalue weighted by molar-refractivity contribution is 5.79. The van der Waals surface area contributed by atoms with Gasteiger partial charge in [0.1, 0.15) is 5.75 Å². The molecule has 0 aliphatic heterocycles. The maximum atomic E-state index is 12.4. The van der Waals surface area contributed by atoms with Gasteiger partial charge in [0.2, 0.25) is 11.8 Å². The number of methoxy groups -OCH3 is 1. The Kier molecular flexibility index (Phi) is 9.28. The monoisotopic (exact) mass is 389 g/mol. The Morgan fingerprint density at radius 3 is 2.46 bits per heavy atom. The molecule has 1 unspecified atom stereocenters. The van der Waals surface area contributed by atoms with E-state index in [0.29, 0.717) is 12.6 Å². The SMILES string of the molecule is COc1ccc(C(CC(=O)NCCCN(C)C2CCCCC2)NC(C)=O)cc1. The van der Waals surface area contributed by atoms with Crippen molar-refractivity contribution < 1.29 is 14.3 Å². The third-order valence-electron chi connectivity index (χ3n) is 5.49. The minimum Gasteiger partial charge on any atom is -0.497 e. The van der Waals surface area contributed by atoms with Gasteiger partial charge in [0.05, 0.1) is 19.6 Å². The molecule has 0 aromatic heterocycles. The second kappa shape index (κ2) is 11.7. The predicted molar refractivity (Wildman–Crippen MR) is 111 cm³/mol. The predicted octanol–water partition coefficient (Wildman–Crippen LogP) is 3.03. The van der Waals surface area contributed by atoms with E-state index in [4.69, 9.17) is 4.74 Å². The zero-order valence-corrected chi connectivity index (χ0v) is 17.5. The van der Waals surface area contributed by atoms with Crippen molar-refractivity contribution in [2.24, 2.45) is 0 Å². The lowest BCUT2D eigenvalue weighted by Crippen LogP contribution is -2.36. The number of carbonyl (C=O) groups excluding carboxylic acids is 2. The number of hydrogen-bond donors (Lipinski definition) is 2. The second-order valence-electron chi connectivity index (χ2n) is 7.71. The number of rotatable bonds is 10. The van der Waals surface area contributed by atoms with Gasteiger partial charge >= 0.3 is 0 Å². The molecule has 1 aromatic carbocycles. The highest BCUT2D eigenvalue weighted by atomic mass is 16.5. The lowest BCUT2D eigenvalue weighted by atomic mass is 9.94. The quantitative estimate of drug-likeness (QED) is 0.604. The van der Waals surface area contributed by atoms with Crippen molar-refractivity contribution in [3.8, 4) is 5.75 Å². The molecule has 28 heavy (non-hydrogen) atoms. The van der Waals surface area contributed by atoms with Crippen LogP contribution in [-0.2, 0) is 9.59 Å². The molecule has 6 nitrogen and oxygen atoms in total. The van der Waals surface area contributed by atoms with Crippen LogP contribution in [0.25, 0.3) is 0 Å². The van der Waals surface area contributed by atoms with E-state index in [-0.39, 0.29) is 24.3 Å². The molecule has 1 aliphatic carbocycles. The van der Waals surface area contributed by atoms with Crippen LogP contribution >= 0.6 is 0 Å². The smallest absolute Gasteiger partial charge is 0.222 e. The van der Waals surface area contributed by atoms with Crippen molar-refractivity contribution in [3.63, 3.8) is 0 Å². The molecule has 1 aliphatic rings. The number of ether oxygens (including phenoxy) is 1. The molecule has 156 valence electrons. The van der Waals surface area contributed by atoms with Gasteiger partial charge in [-0.3, -0.25) is 9.59 Å². The number of hydrogen-bond acceptors (Lipinski definition) is 4. The van der Waals surface area contributed by atoms with Crippen LogP contribution in [-0.4, -0.2) is 50.0 Å². The van der Waals surface area contributed by atoms with Gasteiger partial charge in [0.25, 0.3) is 0 Å². The maximum absolute atomic E-state index is 12.4. The highest BCUT2D eigenvalue weighted by Crippen LogP contribution is 2.22. The van der Waals surface area contributed by atoms with Gasteiger partial charge in [-0.15, -0.1) is 0 Å². The Hall–Kier alpha value is -2.08. The Morgan fingerprint density at radius 1 is 1.18 bits per heavy atom. The zero-order valence-electron chi connectivity index (χ0n) is 17.5. The van der Waals surface area contributed by atoms with Gasteiger partial charge in [-0.1, -0.05) is 31.4 Å². The molecule has 1 fully saturated rings.